The number of sulfonamides is 1. The fraction of sp³-hybridized carbons (Fsp3) is 0.562. The lowest BCUT2D eigenvalue weighted by Gasteiger charge is -2.26. The number of anilines is 1. The van der Waals surface area contributed by atoms with Crippen LogP contribution in [-0.2, 0) is 21.2 Å². The molecule has 1 fully saturated rings. The third-order valence-electron chi connectivity index (χ3n) is 3.84. The zero-order valence-corrected chi connectivity index (χ0v) is 14.2. The standard InChI is InChI=1S/C16H24N2O3S/c1-4-13-7-5-6-12(2)16(13)18(22(3,20)21)11-10-15(19)17-14-8-9-14/h5-7,14H,4,8-11H2,1-3H3,(H,17,19). The van der Waals surface area contributed by atoms with Crippen molar-refractivity contribution in [3.63, 3.8) is 0 Å². The normalized spacial score (nSPS) is 14.7. The molecule has 0 aromatic heterocycles. The van der Waals surface area contributed by atoms with Gasteiger partial charge in [0.25, 0.3) is 0 Å². The van der Waals surface area contributed by atoms with E-state index in [1.54, 1.807) is 0 Å². The number of carbonyl (C=O) groups is 1. The van der Waals surface area contributed by atoms with Crippen LogP contribution in [0.2, 0.25) is 0 Å². The summed E-state index contributed by atoms with van der Waals surface area (Å²) in [5.74, 6) is -0.0808. The first-order valence-corrected chi connectivity index (χ1v) is 9.53. The summed E-state index contributed by atoms with van der Waals surface area (Å²) in [5.41, 5.74) is 2.60. The molecule has 0 radical (unpaired) electrons. The fourth-order valence-corrected chi connectivity index (χ4v) is 3.55. The van der Waals surface area contributed by atoms with Crippen LogP contribution in [0.3, 0.4) is 0 Å². The van der Waals surface area contributed by atoms with Crippen molar-refractivity contribution < 1.29 is 13.2 Å². The quantitative estimate of drug-likeness (QED) is 0.834. The van der Waals surface area contributed by atoms with Gasteiger partial charge in [0, 0.05) is 19.0 Å². The summed E-state index contributed by atoms with van der Waals surface area (Å²) < 4.78 is 25.8. The Bertz CT molecular complexity index is 651. The molecule has 2 rings (SSSR count). The first-order chi connectivity index (χ1) is 10.3. The maximum atomic E-state index is 12.2. The second-order valence-corrected chi connectivity index (χ2v) is 7.77. The Morgan fingerprint density at radius 3 is 2.59 bits per heavy atom. The predicted molar refractivity (Wildman–Crippen MR) is 88.5 cm³/mol. The summed E-state index contributed by atoms with van der Waals surface area (Å²) in [5, 5.41) is 2.89. The van der Waals surface area contributed by atoms with E-state index < -0.39 is 10.0 Å². The van der Waals surface area contributed by atoms with E-state index in [1.165, 1.54) is 10.6 Å². The molecule has 6 heteroatoms. The maximum Gasteiger partial charge on any atom is 0.232 e. The van der Waals surface area contributed by atoms with Crippen LogP contribution < -0.4 is 9.62 Å². The van der Waals surface area contributed by atoms with Crippen molar-refractivity contribution in [2.75, 3.05) is 17.1 Å². The molecule has 1 aliphatic carbocycles. The predicted octanol–water partition coefficient (Wildman–Crippen LogP) is 1.99. The molecule has 1 amide bonds. The van der Waals surface area contributed by atoms with Crippen LogP contribution in [0, 0.1) is 6.92 Å². The molecule has 1 aromatic rings. The number of rotatable bonds is 7. The van der Waals surface area contributed by atoms with Crippen molar-refractivity contribution in [1.82, 2.24) is 5.32 Å². The van der Waals surface area contributed by atoms with Crippen molar-refractivity contribution in [3.05, 3.63) is 29.3 Å². The van der Waals surface area contributed by atoms with Gasteiger partial charge in [-0.1, -0.05) is 25.1 Å². The Morgan fingerprint density at radius 2 is 2.05 bits per heavy atom. The lowest BCUT2D eigenvalue weighted by Crippen LogP contribution is -2.36. The number of nitrogens with one attached hydrogen (secondary N) is 1. The molecular formula is C16H24N2O3S. The van der Waals surface area contributed by atoms with E-state index in [4.69, 9.17) is 0 Å². The molecule has 0 saturated heterocycles. The number of hydrogen-bond acceptors (Lipinski definition) is 3. The third kappa shape index (κ3) is 4.22. The zero-order valence-electron chi connectivity index (χ0n) is 13.4. The van der Waals surface area contributed by atoms with Crippen LogP contribution in [0.1, 0.15) is 37.3 Å². The van der Waals surface area contributed by atoms with Gasteiger partial charge in [-0.3, -0.25) is 9.10 Å². The van der Waals surface area contributed by atoms with E-state index in [0.717, 1.165) is 30.4 Å². The van der Waals surface area contributed by atoms with Crippen molar-refractivity contribution in [2.24, 2.45) is 0 Å². The molecule has 1 aliphatic rings. The molecule has 122 valence electrons. The molecule has 0 atom stereocenters. The van der Waals surface area contributed by atoms with Gasteiger partial charge in [-0.25, -0.2) is 8.42 Å². The maximum absolute atomic E-state index is 12.2. The minimum absolute atomic E-state index is 0.0808. The highest BCUT2D eigenvalue weighted by atomic mass is 32.2. The zero-order chi connectivity index (χ0) is 16.3. The summed E-state index contributed by atoms with van der Waals surface area (Å²) in [7, 11) is -3.43. The lowest BCUT2D eigenvalue weighted by atomic mass is 10.1. The van der Waals surface area contributed by atoms with Crippen LogP contribution in [0.4, 0.5) is 5.69 Å². The second-order valence-electron chi connectivity index (χ2n) is 5.86. The number of carbonyl (C=O) groups excluding carboxylic acids is 1. The van der Waals surface area contributed by atoms with Gasteiger partial charge >= 0.3 is 0 Å². The minimum atomic E-state index is -3.43. The van der Waals surface area contributed by atoms with Gasteiger partial charge < -0.3 is 5.32 Å². The van der Waals surface area contributed by atoms with Crippen molar-refractivity contribution >= 4 is 21.6 Å². The number of para-hydroxylation sites is 1. The monoisotopic (exact) mass is 324 g/mol. The van der Waals surface area contributed by atoms with Crippen LogP contribution in [0.5, 0.6) is 0 Å². The van der Waals surface area contributed by atoms with Crippen LogP contribution in [-0.4, -0.2) is 33.2 Å². The molecule has 1 aromatic carbocycles. The van der Waals surface area contributed by atoms with Crippen molar-refractivity contribution in [3.8, 4) is 0 Å². The fourth-order valence-electron chi connectivity index (χ4n) is 2.54. The SMILES string of the molecule is CCc1cccc(C)c1N(CCC(=O)NC1CC1)S(C)(=O)=O. The van der Waals surface area contributed by atoms with Gasteiger partial charge in [0.2, 0.25) is 15.9 Å². The summed E-state index contributed by atoms with van der Waals surface area (Å²) in [6.07, 6.45) is 4.18. The van der Waals surface area contributed by atoms with Gasteiger partial charge in [0.05, 0.1) is 11.9 Å². The average molecular weight is 324 g/mol. The minimum Gasteiger partial charge on any atom is -0.353 e. The first-order valence-electron chi connectivity index (χ1n) is 7.68. The van der Waals surface area contributed by atoms with E-state index in [1.807, 2.05) is 32.0 Å². The average Bonchev–Trinajstić information content (AvgIpc) is 3.22. The molecule has 0 spiro atoms. The Morgan fingerprint density at radius 1 is 1.36 bits per heavy atom. The number of amides is 1. The Kier molecular flexibility index (Phi) is 5.11. The van der Waals surface area contributed by atoms with Crippen LogP contribution in [0.15, 0.2) is 18.2 Å². The van der Waals surface area contributed by atoms with Gasteiger partial charge in [-0.2, -0.15) is 0 Å². The van der Waals surface area contributed by atoms with E-state index >= 15 is 0 Å². The summed E-state index contributed by atoms with van der Waals surface area (Å²) in [4.78, 5) is 11.9. The summed E-state index contributed by atoms with van der Waals surface area (Å²) in [6.45, 7) is 4.07. The molecule has 0 bridgehead atoms. The highest BCUT2D eigenvalue weighted by molar-refractivity contribution is 7.92. The van der Waals surface area contributed by atoms with Crippen LogP contribution >= 0.6 is 0 Å². The number of aryl methyl sites for hydroxylation is 2. The van der Waals surface area contributed by atoms with Gasteiger partial charge in [0.1, 0.15) is 0 Å². The molecule has 0 unspecified atom stereocenters. The molecule has 1 saturated carbocycles. The van der Waals surface area contributed by atoms with Crippen LogP contribution in [0.25, 0.3) is 0 Å². The molecule has 22 heavy (non-hydrogen) atoms. The molecule has 5 nitrogen and oxygen atoms in total. The Balaban J connectivity index is 2.21. The number of nitrogens with zero attached hydrogens (tertiary/aromatic N) is 1. The largest absolute Gasteiger partial charge is 0.353 e. The summed E-state index contributed by atoms with van der Waals surface area (Å²) in [6, 6.07) is 6.06. The third-order valence-corrected chi connectivity index (χ3v) is 5.00. The highest BCUT2D eigenvalue weighted by Gasteiger charge is 2.25. The number of hydrogen-bond donors (Lipinski definition) is 1. The first kappa shape index (κ1) is 16.8. The van der Waals surface area contributed by atoms with Gasteiger partial charge in [-0.15, -0.1) is 0 Å². The van der Waals surface area contributed by atoms with Gasteiger partial charge in [0.15, 0.2) is 0 Å². The number of benzene rings is 1. The second kappa shape index (κ2) is 6.69. The van der Waals surface area contributed by atoms with E-state index in [-0.39, 0.29) is 18.9 Å². The molecule has 0 heterocycles. The lowest BCUT2D eigenvalue weighted by molar-refractivity contribution is -0.121. The highest BCUT2D eigenvalue weighted by Crippen LogP contribution is 2.28. The molecular weight excluding hydrogens is 300 g/mol. The Labute approximate surface area is 132 Å². The Hall–Kier alpha value is -1.56. The smallest absolute Gasteiger partial charge is 0.232 e. The van der Waals surface area contributed by atoms with E-state index in [0.29, 0.717) is 11.7 Å². The van der Waals surface area contributed by atoms with Gasteiger partial charge in [-0.05, 0) is 37.3 Å². The molecule has 1 N–H and O–H groups in total. The van der Waals surface area contributed by atoms with E-state index in [9.17, 15) is 13.2 Å². The summed E-state index contributed by atoms with van der Waals surface area (Å²) >= 11 is 0. The van der Waals surface area contributed by atoms with Crippen molar-refractivity contribution in [2.45, 2.75) is 45.6 Å². The topological polar surface area (TPSA) is 66.5 Å². The van der Waals surface area contributed by atoms with Crippen molar-refractivity contribution in [1.29, 1.82) is 0 Å². The molecule has 0 aliphatic heterocycles. The van der Waals surface area contributed by atoms with E-state index in [2.05, 4.69) is 5.32 Å².